The van der Waals surface area contributed by atoms with Crippen molar-refractivity contribution in [1.29, 1.82) is 0 Å². The highest BCUT2D eigenvalue weighted by Crippen LogP contribution is 2.31. The standard InChI is InChI=1S/C16H17N5O3S/c1-20-10-11(9-17-20)18-16(22)13-6-4-8-21(13)15-12-5-2-3-7-14(12)25(23,24)19-15/h2-3,5,7,9-10,13H,4,6,8H2,1H3,(H,18,22)/t13-/m0/s1. The Balaban J connectivity index is 1.63. The molecule has 0 spiro atoms. The van der Waals surface area contributed by atoms with Crippen molar-refractivity contribution in [3.05, 3.63) is 42.2 Å². The van der Waals surface area contributed by atoms with Crippen LogP contribution >= 0.6 is 0 Å². The van der Waals surface area contributed by atoms with Gasteiger partial charge in [-0.3, -0.25) is 9.48 Å². The van der Waals surface area contributed by atoms with Crippen LogP contribution in [-0.2, 0) is 21.9 Å². The minimum Gasteiger partial charge on any atom is -0.343 e. The summed E-state index contributed by atoms with van der Waals surface area (Å²) in [7, 11) is -1.93. The zero-order valence-electron chi connectivity index (χ0n) is 13.6. The van der Waals surface area contributed by atoms with Gasteiger partial charge in [0.2, 0.25) is 5.91 Å². The minimum atomic E-state index is -3.70. The van der Waals surface area contributed by atoms with E-state index in [4.69, 9.17) is 0 Å². The van der Waals surface area contributed by atoms with E-state index in [1.54, 1.807) is 53.3 Å². The number of benzene rings is 1. The van der Waals surface area contributed by atoms with Crippen LogP contribution in [0.2, 0.25) is 0 Å². The lowest BCUT2D eigenvalue weighted by Crippen LogP contribution is -2.43. The molecule has 130 valence electrons. The predicted molar refractivity (Wildman–Crippen MR) is 91.7 cm³/mol. The van der Waals surface area contributed by atoms with E-state index >= 15 is 0 Å². The van der Waals surface area contributed by atoms with Crippen molar-refractivity contribution >= 4 is 27.5 Å². The number of hydrogen-bond donors (Lipinski definition) is 1. The maximum atomic E-state index is 12.7. The van der Waals surface area contributed by atoms with Crippen molar-refractivity contribution in [1.82, 2.24) is 14.7 Å². The van der Waals surface area contributed by atoms with E-state index in [-0.39, 0.29) is 10.8 Å². The maximum absolute atomic E-state index is 12.7. The quantitative estimate of drug-likeness (QED) is 0.862. The van der Waals surface area contributed by atoms with Crippen molar-refractivity contribution in [2.75, 3.05) is 11.9 Å². The fraction of sp³-hybridized carbons (Fsp3) is 0.312. The molecule has 1 fully saturated rings. The average Bonchev–Trinajstić information content (AvgIpc) is 3.26. The Morgan fingerprint density at radius 1 is 1.32 bits per heavy atom. The van der Waals surface area contributed by atoms with Gasteiger partial charge in [0.25, 0.3) is 10.0 Å². The number of aromatic nitrogens is 2. The van der Waals surface area contributed by atoms with Crippen LogP contribution < -0.4 is 5.32 Å². The van der Waals surface area contributed by atoms with Crippen LogP contribution in [0.1, 0.15) is 18.4 Å². The molecule has 9 heteroatoms. The first kappa shape index (κ1) is 15.8. The van der Waals surface area contributed by atoms with Gasteiger partial charge in [0.1, 0.15) is 10.9 Å². The molecule has 0 saturated carbocycles. The summed E-state index contributed by atoms with van der Waals surface area (Å²) in [6.07, 6.45) is 4.73. The third-order valence-electron chi connectivity index (χ3n) is 4.41. The molecule has 2 aromatic rings. The summed E-state index contributed by atoms with van der Waals surface area (Å²) in [5, 5.41) is 6.86. The highest BCUT2D eigenvalue weighted by Gasteiger charge is 2.39. The molecule has 1 amide bonds. The van der Waals surface area contributed by atoms with Gasteiger partial charge in [-0.15, -0.1) is 4.40 Å². The van der Waals surface area contributed by atoms with E-state index in [0.717, 1.165) is 6.42 Å². The van der Waals surface area contributed by atoms with Crippen molar-refractivity contribution in [3.8, 4) is 0 Å². The molecule has 4 rings (SSSR count). The Labute approximate surface area is 145 Å². The SMILES string of the molecule is Cn1cc(NC(=O)[C@@H]2CCCN2C2=NS(=O)(=O)c3ccccc32)cn1. The molecule has 2 aliphatic heterocycles. The monoisotopic (exact) mass is 359 g/mol. The molecule has 3 heterocycles. The van der Waals surface area contributed by atoms with Crippen LogP contribution in [-0.4, -0.2) is 47.4 Å². The third kappa shape index (κ3) is 2.70. The number of amides is 1. The molecule has 1 aromatic carbocycles. The summed E-state index contributed by atoms with van der Waals surface area (Å²) in [6, 6.07) is 6.26. The smallest absolute Gasteiger partial charge is 0.285 e. The van der Waals surface area contributed by atoms with Gasteiger partial charge < -0.3 is 10.2 Å². The number of likely N-dealkylation sites (tertiary alicyclic amines) is 1. The molecule has 1 saturated heterocycles. The number of anilines is 1. The molecule has 0 bridgehead atoms. The average molecular weight is 359 g/mol. The highest BCUT2D eigenvalue weighted by molar-refractivity contribution is 7.90. The lowest BCUT2D eigenvalue weighted by molar-refractivity contribution is -0.119. The number of fused-ring (bicyclic) bond motifs is 1. The Hall–Kier alpha value is -2.68. The summed E-state index contributed by atoms with van der Waals surface area (Å²) >= 11 is 0. The second kappa shape index (κ2) is 5.69. The van der Waals surface area contributed by atoms with E-state index in [1.807, 2.05) is 0 Å². The Kier molecular flexibility index (Phi) is 3.60. The van der Waals surface area contributed by atoms with Gasteiger partial charge in [-0.2, -0.15) is 13.5 Å². The number of carbonyl (C=O) groups is 1. The van der Waals surface area contributed by atoms with Crippen LogP contribution in [0.4, 0.5) is 5.69 Å². The first-order chi connectivity index (χ1) is 12.0. The summed E-state index contributed by atoms with van der Waals surface area (Å²) < 4.78 is 30.1. The first-order valence-electron chi connectivity index (χ1n) is 7.96. The van der Waals surface area contributed by atoms with Crippen molar-refractivity contribution in [2.45, 2.75) is 23.8 Å². The number of amidine groups is 1. The van der Waals surface area contributed by atoms with E-state index in [9.17, 15) is 13.2 Å². The maximum Gasteiger partial charge on any atom is 0.285 e. The lowest BCUT2D eigenvalue weighted by atomic mass is 10.1. The van der Waals surface area contributed by atoms with Crippen LogP contribution in [0.25, 0.3) is 0 Å². The topological polar surface area (TPSA) is 96.7 Å². The van der Waals surface area contributed by atoms with Gasteiger partial charge in [-0.05, 0) is 25.0 Å². The molecule has 1 atom stereocenters. The largest absolute Gasteiger partial charge is 0.343 e. The zero-order valence-corrected chi connectivity index (χ0v) is 14.4. The predicted octanol–water partition coefficient (Wildman–Crippen LogP) is 0.972. The number of nitrogens with zero attached hydrogens (tertiary/aromatic N) is 4. The molecule has 0 aliphatic carbocycles. The highest BCUT2D eigenvalue weighted by atomic mass is 32.2. The van der Waals surface area contributed by atoms with E-state index in [1.165, 1.54) is 0 Å². The van der Waals surface area contributed by atoms with Gasteiger partial charge in [0.15, 0.2) is 5.84 Å². The van der Waals surface area contributed by atoms with Crippen molar-refractivity contribution in [3.63, 3.8) is 0 Å². The number of aryl methyl sites for hydroxylation is 1. The molecule has 25 heavy (non-hydrogen) atoms. The number of carbonyl (C=O) groups excluding carboxylic acids is 1. The molecular weight excluding hydrogens is 342 g/mol. The van der Waals surface area contributed by atoms with Crippen LogP contribution in [0.5, 0.6) is 0 Å². The number of rotatable bonds is 2. The number of hydrogen-bond acceptors (Lipinski definition) is 5. The van der Waals surface area contributed by atoms with Crippen LogP contribution in [0.15, 0.2) is 46.0 Å². The van der Waals surface area contributed by atoms with Gasteiger partial charge in [0.05, 0.1) is 11.9 Å². The van der Waals surface area contributed by atoms with Crippen LogP contribution in [0, 0.1) is 0 Å². The molecule has 1 aromatic heterocycles. The Bertz CT molecular complexity index is 979. The summed E-state index contributed by atoms with van der Waals surface area (Å²) in [5.41, 5.74) is 1.17. The first-order valence-corrected chi connectivity index (χ1v) is 9.40. The van der Waals surface area contributed by atoms with Crippen molar-refractivity contribution in [2.24, 2.45) is 11.4 Å². The summed E-state index contributed by atoms with van der Waals surface area (Å²) in [6.45, 7) is 0.591. The van der Waals surface area contributed by atoms with Crippen molar-refractivity contribution < 1.29 is 13.2 Å². The Morgan fingerprint density at radius 2 is 2.12 bits per heavy atom. The number of nitrogens with one attached hydrogen (secondary N) is 1. The van der Waals surface area contributed by atoms with E-state index in [0.29, 0.717) is 30.1 Å². The van der Waals surface area contributed by atoms with Gasteiger partial charge in [0, 0.05) is 25.4 Å². The second-order valence-electron chi connectivity index (χ2n) is 6.13. The second-order valence-corrected chi connectivity index (χ2v) is 7.70. The summed E-state index contributed by atoms with van der Waals surface area (Å²) in [5.74, 6) is 0.175. The fourth-order valence-corrected chi connectivity index (χ4v) is 4.52. The lowest BCUT2D eigenvalue weighted by Gasteiger charge is -2.25. The van der Waals surface area contributed by atoms with E-state index < -0.39 is 16.1 Å². The minimum absolute atomic E-state index is 0.185. The normalized spacial score (nSPS) is 21.1. The molecule has 0 unspecified atom stereocenters. The van der Waals surface area contributed by atoms with Crippen LogP contribution in [0.3, 0.4) is 0 Å². The molecule has 2 aliphatic rings. The van der Waals surface area contributed by atoms with Gasteiger partial charge in [-0.1, -0.05) is 12.1 Å². The number of sulfonamides is 1. The third-order valence-corrected chi connectivity index (χ3v) is 5.74. The van der Waals surface area contributed by atoms with Gasteiger partial charge in [-0.25, -0.2) is 0 Å². The summed E-state index contributed by atoms with van der Waals surface area (Å²) in [4.78, 5) is 14.7. The molecular formula is C16H17N5O3S. The fourth-order valence-electron chi connectivity index (χ4n) is 3.30. The molecule has 8 nitrogen and oxygen atoms in total. The Morgan fingerprint density at radius 3 is 2.88 bits per heavy atom. The molecule has 0 radical (unpaired) electrons. The van der Waals surface area contributed by atoms with E-state index in [2.05, 4.69) is 14.8 Å². The van der Waals surface area contributed by atoms with Gasteiger partial charge >= 0.3 is 0 Å². The zero-order chi connectivity index (χ0) is 17.6. The molecule has 1 N–H and O–H groups in total.